The van der Waals surface area contributed by atoms with Gasteiger partial charge in [0.25, 0.3) is 10.2 Å². The van der Waals surface area contributed by atoms with Gasteiger partial charge in [-0.05, 0) is 26.7 Å². The Morgan fingerprint density at radius 1 is 1.40 bits per heavy atom. The molecule has 0 spiro atoms. The molecule has 0 aromatic carbocycles. The first-order chi connectivity index (χ1) is 6.94. The SMILES string of the molecule is CC(C)NS(=O)(=O)NC1CCCC1C#N. The Labute approximate surface area is 91.0 Å². The van der Waals surface area contributed by atoms with E-state index in [2.05, 4.69) is 15.5 Å². The van der Waals surface area contributed by atoms with Gasteiger partial charge in [-0.1, -0.05) is 6.42 Å². The molecule has 1 rings (SSSR count). The smallest absolute Gasteiger partial charge is 0.200 e. The van der Waals surface area contributed by atoms with Gasteiger partial charge < -0.3 is 0 Å². The van der Waals surface area contributed by atoms with E-state index in [0.717, 1.165) is 19.3 Å². The van der Waals surface area contributed by atoms with E-state index in [1.807, 2.05) is 0 Å². The first-order valence-corrected chi connectivity index (χ1v) is 6.62. The van der Waals surface area contributed by atoms with Crippen LogP contribution in [0.3, 0.4) is 0 Å². The molecule has 0 radical (unpaired) electrons. The molecule has 1 saturated carbocycles. The molecular formula is C9H17N3O2S. The molecule has 2 atom stereocenters. The second-order valence-corrected chi connectivity index (χ2v) is 5.65. The zero-order chi connectivity index (χ0) is 11.5. The summed E-state index contributed by atoms with van der Waals surface area (Å²) in [7, 11) is -3.46. The van der Waals surface area contributed by atoms with Crippen molar-refractivity contribution in [2.75, 3.05) is 0 Å². The van der Waals surface area contributed by atoms with Crippen LogP contribution in [0.2, 0.25) is 0 Å². The van der Waals surface area contributed by atoms with Crippen LogP contribution in [-0.2, 0) is 10.2 Å². The standard InChI is InChI=1S/C9H17N3O2S/c1-7(2)11-15(13,14)12-9-5-3-4-8(9)6-10/h7-9,11-12H,3-5H2,1-2H3. The average molecular weight is 231 g/mol. The van der Waals surface area contributed by atoms with E-state index in [1.165, 1.54) is 0 Å². The number of rotatable bonds is 4. The van der Waals surface area contributed by atoms with Crippen molar-refractivity contribution in [3.8, 4) is 6.07 Å². The summed E-state index contributed by atoms with van der Waals surface area (Å²) in [5, 5.41) is 8.81. The molecule has 0 heterocycles. The van der Waals surface area contributed by atoms with Gasteiger partial charge in [0.2, 0.25) is 0 Å². The summed E-state index contributed by atoms with van der Waals surface area (Å²) in [6, 6.07) is 1.77. The van der Waals surface area contributed by atoms with Crippen molar-refractivity contribution >= 4 is 10.2 Å². The molecule has 0 saturated heterocycles. The highest BCUT2D eigenvalue weighted by Gasteiger charge is 2.30. The lowest BCUT2D eigenvalue weighted by atomic mass is 10.1. The maximum Gasteiger partial charge on any atom is 0.277 e. The van der Waals surface area contributed by atoms with Crippen LogP contribution in [0.1, 0.15) is 33.1 Å². The van der Waals surface area contributed by atoms with Crippen LogP contribution in [0.15, 0.2) is 0 Å². The monoisotopic (exact) mass is 231 g/mol. The van der Waals surface area contributed by atoms with Crippen molar-refractivity contribution in [3.05, 3.63) is 0 Å². The Kier molecular flexibility index (Phi) is 4.08. The number of nitriles is 1. The second kappa shape index (κ2) is 4.92. The molecule has 5 nitrogen and oxygen atoms in total. The molecule has 2 unspecified atom stereocenters. The molecule has 2 N–H and O–H groups in total. The Balaban J connectivity index is 2.58. The lowest BCUT2D eigenvalue weighted by Crippen LogP contribution is -2.46. The third-order valence-electron chi connectivity index (χ3n) is 2.38. The van der Waals surface area contributed by atoms with Gasteiger partial charge in [-0.2, -0.15) is 23.1 Å². The van der Waals surface area contributed by atoms with Crippen molar-refractivity contribution in [2.24, 2.45) is 5.92 Å². The highest BCUT2D eigenvalue weighted by Crippen LogP contribution is 2.25. The van der Waals surface area contributed by atoms with Gasteiger partial charge in [-0.3, -0.25) is 0 Å². The van der Waals surface area contributed by atoms with Crippen LogP contribution in [0, 0.1) is 17.2 Å². The Morgan fingerprint density at radius 3 is 2.60 bits per heavy atom. The molecule has 6 heteroatoms. The fourth-order valence-electron chi connectivity index (χ4n) is 1.80. The third kappa shape index (κ3) is 3.78. The van der Waals surface area contributed by atoms with E-state index in [-0.39, 0.29) is 18.0 Å². The van der Waals surface area contributed by atoms with Gasteiger partial charge >= 0.3 is 0 Å². The van der Waals surface area contributed by atoms with E-state index >= 15 is 0 Å². The van der Waals surface area contributed by atoms with Gasteiger partial charge in [0.1, 0.15) is 0 Å². The summed E-state index contributed by atoms with van der Waals surface area (Å²) in [6.07, 6.45) is 2.44. The van der Waals surface area contributed by atoms with Crippen LogP contribution in [0.25, 0.3) is 0 Å². The van der Waals surface area contributed by atoms with Gasteiger partial charge in [0.05, 0.1) is 12.0 Å². The van der Waals surface area contributed by atoms with Crippen molar-refractivity contribution in [3.63, 3.8) is 0 Å². The fraction of sp³-hybridized carbons (Fsp3) is 0.889. The van der Waals surface area contributed by atoms with Crippen molar-refractivity contribution in [2.45, 2.75) is 45.2 Å². The largest absolute Gasteiger partial charge is 0.277 e. The minimum Gasteiger partial charge on any atom is -0.200 e. The summed E-state index contributed by atoms with van der Waals surface area (Å²) in [4.78, 5) is 0. The Bertz CT molecular complexity index is 345. The Morgan fingerprint density at radius 2 is 2.07 bits per heavy atom. The van der Waals surface area contributed by atoms with Crippen molar-refractivity contribution < 1.29 is 8.42 Å². The van der Waals surface area contributed by atoms with Gasteiger partial charge in [0, 0.05) is 12.1 Å². The predicted molar refractivity (Wildman–Crippen MR) is 57.1 cm³/mol. The van der Waals surface area contributed by atoms with Gasteiger partial charge in [-0.15, -0.1) is 0 Å². The first-order valence-electron chi connectivity index (χ1n) is 5.14. The lowest BCUT2D eigenvalue weighted by Gasteiger charge is -2.17. The normalized spacial score (nSPS) is 26.8. The molecule has 0 aliphatic heterocycles. The van der Waals surface area contributed by atoms with Crippen LogP contribution in [-0.4, -0.2) is 20.5 Å². The van der Waals surface area contributed by atoms with E-state index in [9.17, 15) is 8.42 Å². The third-order valence-corrected chi connectivity index (χ3v) is 3.77. The molecular weight excluding hydrogens is 214 g/mol. The highest BCUT2D eigenvalue weighted by atomic mass is 32.2. The van der Waals surface area contributed by atoms with E-state index in [4.69, 9.17) is 5.26 Å². The predicted octanol–water partition coefficient (Wildman–Crippen LogP) is 0.511. The molecule has 1 aliphatic carbocycles. The average Bonchev–Trinajstić information content (AvgIpc) is 2.48. The Hall–Kier alpha value is -0.640. The summed E-state index contributed by atoms with van der Waals surface area (Å²) < 4.78 is 28.0. The molecule has 15 heavy (non-hydrogen) atoms. The minimum absolute atomic E-state index is 0.135. The first kappa shape index (κ1) is 12.4. The molecule has 0 aromatic rings. The fourth-order valence-corrected chi connectivity index (χ4v) is 3.17. The number of nitrogens with one attached hydrogen (secondary N) is 2. The van der Waals surface area contributed by atoms with Gasteiger partial charge in [0.15, 0.2) is 0 Å². The van der Waals surface area contributed by atoms with E-state index in [1.54, 1.807) is 13.8 Å². The molecule has 1 fully saturated rings. The number of nitrogens with zero attached hydrogens (tertiary/aromatic N) is 1. The van der Waals surface area contributed by atoms with Crippen LogP contribution >= 0.6 is 0 Å². The van der Waals surface area contributed by atoms with E-state index < -0.39 is 10.2 Å². The molecule has 1 aliphatic rings. The summed E-state index contributed by atoms with van der Waals surface area (Å²) in [5.41, 5.74) is 0. The molecule has 0 aromatic heterocycles. The summed E-state index contributed by atoms with van der Waals surface area (Å²) in [5.74, 6) is -0.186. The molecule has 0 amide bonds. The summed E-state index contributed by atoms with van der Waals surface area (Å²) >= 11 is 0. The number of hydrogen-bond acceptors (Lipinski definition) is 3. The van der Waals surface area contributed by atoms with Crippen molar-refractivity contribution in [1.29, 1.82) is 5.26 Å². The second-order valence-electron chi connectivity index (χ2n) is 4.17. The quantitative estimate of drug-likeness (QED) is 0.739. The highest BCUT2D eigenvalue weighted by molar-refractivity contribution is 7.87. The zero-order valence-corrected chi connectivity index (χ0v) is 9.84. The zero-order valence-electron chi connectivity index (χ0n) is 9.03. The number of hydrogen-bond donors (Lipinski definition) is 2. The maximum absolute atomic E-state index is 11.5. The minimum atomic E-state index is -3.46. The maximum atomic E-state index is 11.5. The lowest BCUT2D eigenvalue weighted by molar-refractivity contribution is 0.501. The van der Waals surface area contributed by atoms with E-state index in [0.29, 0.717) is 0 Å². The molecule has 0 bridgehead atoms. The van der Waals surface area contributed by atoms with Crippen molar-refractivity contribution in [1.82, 2.24) is 9.44 Å². The van der Waals surface area contributed by atoms with Crippen LogP contribution < -0.4 is 9.44 Å². The van der Waals surface area contributed by atoms with Crippen LogP contribution in [0.4, 0.5) is 0 Å². The van der Waals surface area contributed by atoms with Gasteiger partial charge in [-0.25, -0.2) is 0 Å². The topological polar surface area (TPSA) is 82.0 Å². The molecule has 86 valence electrons. The van der Waals surface area contributed by atoms with Crippen LogP contribution in [0.5, 0.6) is 0 Å². The summed E-state index contributed by atoms with van der Waals surface area (Å²) in [6.45, 7) is 3.52.